The second-order valence-corrected chi connectivity index (χ2v) is 6.63. The lowest BCUT2D eigenvalue weighted by Crippen LogP contribution is -2.60. The molecule has 2 saturated heterocycles. The van der Waals surface area contributed by atoms with Crippen LogP contribution in [0.4, 0.5) is 0 Å². The smallest absolute Gasteiger partial charge is 0.180 e. The zero-order valence-electron chi connectivity index (χ0n) is 11.5. The van der Waals surface area contributed by atoms with E-state index in [4.69, 9.17) is 9.47 Å². The van der Waals surface area contributed by atoms with Gasteiger partial charge in [-0.3, -0.25) is 0 Å². The van der Waals surface area contributed by atoms with Crippen LogP contribution in [0, 0.1) is 0 Å². The second kappa shape index (κ2) is 4.49. The van der Waals surface area contributed by atoms with Crippen molar-refractivity contribution >= 4 is 21.6 Å². The van der Waals surface area contributed by atoms with Crippen LogP contribution in [0.15, 0.2) is 23.7 Å². The van der Waals surface area contributed by atoms with Gasteiger partial charge in [0.25, 0.3) is 0 Å². The molecule has 4 nitrogen and oxygen atoms in total. The Morgan fingerprint density at radius 2 is 2.15 bits per heavy atom. The number of ether oxygens (including phenoxy) is 2. The highest BCUT2D eigenvalue weighted by Gasteiger charge is 2.55. The lowest BCUT2D eigenvalue weighted by molar-refractivity contribution is -0.216. The van der Waals surface area contributed by atoms with E-state index < -0.39 is 5.79 Å². The number of nitrogens with one attached hydrogen (secondary N) is 1. The number of benzene rings is 1. The number of rotatable bonds is 1. The number of thiazole rings is 1. The Labute approximate surface area is 122 Å². The number of aromatic nitrogens is 1. The minimum absolute atomic E-state index is 0.181. The normalized spacial score (nSPS) is 29.2. The molecule has 1 atom stereocenters. The molecule has 106 valence electrons. The van der Waals surface area contributed by atoms with Crippen molar-refractivity contribution in [1.29, 1.82) is 0 Å². The van der Waals surface area contributed by atoms with E-state index in [0.717, 1.165) is 25.0 Å². The lowest BCUT2D eigenvalue weighted by atomic mass is 9.71. The summed E-state index contributed by atoms with van der Waals surface area (Å²) < 4.78 is 13.4. The third kappa shape index (κ3) is 1.67. The summed E-state index contributed by atoms with van der Waals surface area (Å²) in [6.45, 7) is 5.41. The van der Waals surface area contributed by atoms with Crippen molar-refractivity contribution in [2.24, 2.45) is 0 Å². The van der Waals surface area contributed by atoms with Gasteiger partial charge in [-0.1, -0.05) is 6.07 Å². The molecule has 1 aromatic carbocycles. The summed E-state index contributed by atoms with van der Waals surface area (Å²) in [5, 5.41) is 3.49. The van der Waals surface area contributed by atoms with Crippen LogP contribution in [0.1, 0.15) is 18.9 Å². The van der Waals surface area contributed by atoms with Crippen LogP contribution in [0.2, 0.25) is 0 Å². The number of fused-ring (bicyclic) bond motifs is 1. The molecular weight excluding hydrogens is 272 g/mol. The van der Waals surface area contributed by atoms with Crippen LogP contribution in [0.25, 0.3) is 10.2 Å². The van der Waals surface area contributed by atoms with E-state index in [-0.39, 0.29) is 5.41 Å². The molecule has 5 heteroatoms. The van der Waals surface area contributed by atoms with Crippen molar-refractivity contribution in [3.8, 4) is 0 Å². The van der Waals surface area contributed by atoms with E-state index in [0.29, 0.717) is 13.2 Å². The molecule has 1 aromatic heterocycles. The molecule has 2 aliphatic heterocycles. The van der Waals surface area contributed by atoms with Gasteiger partial charge in [0.15, 0.2) is 5.79 Å². The first kappa shape index (κ1) is 12.7. The lowest BCUT2D eigenvalue weighted by Gasteiger charge is -2.48. The predicted molar refractivity (Wildman–Crippen MR) is 79.1 cm³/mol. The van der Waals surface area contributed by atoms with Gasteiger partial charge in [-0.05, 0) is 24.6 Å². The van der Waals surface area contributed by atoms with E-state index in [9.17, 15) is 0 Å². The Balaban J connectivity index is 1.83. The molecule has 1 N–H and O–H groups in total. The molecule has 2 aliphatic rings. The maximum atomic E-state index is 6.06. The first-order valence-corrected chi connectivity index (χ1v) is 7.94. The van der Waals surface area contributed by atoms with Gasteiger partial charge in [-0.15, -0.1) is 11.3 Å². The quantitative estimate of drug-likeness (QED) is 0.875. The van der Waals surface area contributed by atoms with Crippen molar-refractivity contribution in [3.63, 3.8) is 0 Å². The molecule has 3 heterocycles. The third-order valence-electron chi connectivity index (χ3n) is 4.67. The van der Waals surface area contributed by atoms with Crippen LogP contribution in [0.3, 0.4) is 0 Å². The summed E-state index contributed by atoms with van der Waals surface area (Å²) in [7, 11) is 0. The molecule has 2 fully saturated rings. The Hall–Kier alpha value is -1.01. The molecule has 4 rings (SSSR count). The van der Waals surface area contributed by atoms with Crippen molar-refractivity contribution in [2.45, 2.75) is 24.5 Å². The molecule has 1 unspecified atom stereocenters. The molecule has 1 spiro atoms. The van der Waals surface area contributed by atoms with E-state index in [1.165, 1.54) is 10.3 Å². The predicted octanol–water partition coefficient (Wildman–Crippen LogP) is 2.29. The van der Waals surface area contributed by atoms with Crippen molar-refractivity contribution in [3.05, 3.63) is 29.3 Å². The number of hydrogen-bond acceptors (Lipinski definition) is 5. The van der Waals surface area contributed by atoms with Crippen LogP contribution in [-0.2, 0) is 14.9 Å². The minimum Gasteiger partial charge on any atom is -0.347 e. The maximum Gasteiger partial charge on any atom is 0.180 e. The summed E-state index contributed by atoms with van der Waals surface area (Å²) in [6.07, 6.45) is 0.888. The molecule has 0 bridgehead atoms. The molecule has 0 saturated carbocycles. The largest absolute Gasteiger partial charge is 0.347 e. The molecule has 0 aliphatic carbocycles. The van der Waals surface area contributed by atoms with Crippen LogP contribution in [-0.4, -0.2) is 37.1 Å². The van der Waals surface area contributed by atoms with Gasteiger partial charge in [0.2, 0.25) is 0 Å². The number of piperidine rings is 1. The summed E-state index contributed by atoms with van der Waals surface area (Å²) in [4.78, 5) is 4.44. The molecule has 0 radical (unpaired) electrons. The fraction of sp³-hybridized carbons (Fsp3) is 0.533. The van der Waals surface area contributed by atoms with Gasteiger partial charge in [-0.2, -0.15) is 0 Å². The van der Waals surface area contributed by atoms with E-state index in [1.54, 1.807) is 11.3 Å². The standard InChI is InChI=1S/C15H18N2O2S/c1-14(9-16-5-4-15(14)18-6-7-19-15)11-2-3-13-12(8-11)17-10-20-13/h2-3,8,10,16H,4-7,9H2,1H3. The Kier molecular flexibility index (Phi) is 2.86. The Morgan fingerprint density at radius 3 is 3.00 bits per heavy atom. The number of nitrogens with zero attached hydrogens (tertiary/aromatic N) is 1. The Bertz CT molecular complexity index is 636. The molecule has 0 amide bonds. The van der Waals surface area contributed by atoms with Gasteiger partial charge in [0.1, 0.15) is 0 Å². The van der Waals surface area contributed by atoms with Gasteiger partial charge in [0.05, 0.1) is 34.4 Å². The number of hydrogen-bond donors (Lipinski definition) is 1. The van der Waals surface area contributed by atoms with E-state index >= 15 is 0 Å². The van der Waals surface area contributed by atoms with Crippen molar-refractivity contribution < 1.29 is 9.47 Å². The highest BCUT2D eigenvalue weighted by Crippen LogP contribution is 2.45. The van der Waals surface area contributed by atoms with Gasteiger partial charge in [-0.25, -0.2) is 4.98 Å². The highest BCUT2D eigenvalue weighted by molar-refractivity contribution is 7.16. The SMILES string of the molecule is CC1(c2ccc3scnc3c2)CNCCC12OCCO2. The Morgan fingerprint density at radius 1 is 1.30 bits per heavy atom. The summed E-state index contributed by atoms with van der Waals surface area (Å²) in [5.41, 5.74) is 4.02. The average molecular weight is 290 g/mol. The maximum absolute atomic E-state index is 6.06. The van der Waals surface area contributed by atoms with Gasteiger partial charge < -0.3 is 14.8 Å². The summed E-state index contributed by atoms with van der Waals surface area (Å²) in [5.74, 6) is -0.484. The van der Waals surface area contributed by atoms with Crippen LogP contribution < -0.4 is 5.32 Å². The van der Waals surface area contributed by atoms with Crippen LogP contribution in [0.5, 0.6) is 0 Å². The van der Waals surface area contributed by atoms with Crippen LogP contribution >= 0.6 is 11.3 Å². The van der Waals surface area contributed by atoms with Crippen molar-refractivity contribution in [2.75, 3.05) is 26.3 Å². The average Bonchev–Trinajstić information content (AvgIpc) is 3.11. The summed E-state index contributed by atoms with van der Waals surface area (Å²) in [6, 6.07) is 6.54. The third-order valence-corrected chi connectivity index (χ3v) is 5.48. The zero-order chi connectivity index (χ0) is 13.6. The second-order valence-electron chi connectivity index (χ2n) is 5.74. The zero-order valence-corrected chi connectivity index (χ0v) is 12.3. The molecule has 2 aromatic rings. The van der Waals surface area contributed by atoms with E-state index in [1.807, 2.05) is 5.51 Å². The topological polar surface area (TPSA) is 43.4 Å². The van der Waals surface area contributed by atoms with Gasteiger partial charge >= 0.3 is 0 Å². The molecular formula is C15H18N2O2S. The van der Waals surface area contributed by atoms with Crippen molar-refractivity contribution in [1.82, 2.24) is 10.3 Å². The fourth-order valence-corrected chi connectivity index (χ4v) is 4.10. The minimum atomic E-state index is -0.484. The monoisotopic (exact) mass is 290 g/mol. The summed E-state index contributed by atoms with van der Waals surface area (Å²) >= 11 is 1.68. The fourth-order valence-electron chi connectivity index (χ4n) is 3.44. The van der Waals surface area contributed by atoms with Gasteiger partial charge in [0, 0.05) is 19.5 Å². The van der Waals surface area contributed by atoms with E-state index in [2.05, 4.69) is 35.4 Å². The molecule has 20 heavy (non-hydrogen) atoms. The first-order valence-electron chi connectivity index (χ1n) is 7.06. The first-order chi connectivity index (χ1) is 9.74. The highest BCUT2D eigenvalue weighted by atomic mass is 32.1.